The number of benzene rings is 1. The van der Waals surface area contributed by atoms with Crippen molar-refractivity contribution in [1.82, 2.24) is 5.32 Å². The van der Waals surface area contributed by atoms with Gasteiger partial charge in [-0.25, -0.2) is 0 Å². The molecule has 1 heterocycles. The average molecular weight is 207 g/mol. The zero-order valence-corrected chi connectivity index (χ0v) is 9.25. The molecule has 0 saturated heterocycles. The summed E-state index contributed by atoms with van der Waals surface area (Å²) in [6.45, 7) is 1.77. The molecule has 3 heteroatoms. The van der Waals surface area contributed by atoms with Crippen LogP contribution in [0.3, 0.4) is 0 Å². The van der Waals surface area contributed by atoms with Crippen molar-refractivity contribution in [2.45, 2.75) is 12.3 Å². The van der Waals surface area contributed by atoms with E-state index in [1.54, 1.807) is 7.11 Å². The molecule has 1 unspecified atom stereocenters. The summed E-state index contributed by atoms with van der Waals surface area (Å²) in [5.74, 6) is 2.30. The van der Waals surface area contributed by atoms with Crippen molar-refractivity contribution >= 4 is 0 Å². The van der Waals surface area contributed by atoms with Crippen LogP contribution < -0.4 is 14.8 Å². The van der Waals surface area contributed by atoms with Gasteiger partial charge >= 0.3 is 0 Å². The van der Waals surface area contributed by atoms with Crippen molar-refractivity contribution in [3.63, 3.8) is 0 Å². The van der Waals surface area contributed by atoms with Crippen molar-refractivity contribution in [2.24, 2.45) is 0 Å². The lowest BCUT2D eigenvalue weighted by molar-refractivity contribution is 0.250. The monoisotopic (exact) mass is 207 g/mol. The highest BCUT2D eigenvalue weighted by Crippen LogP contribution is 2.39. The molecule has 15 heavy (non-hydrogen) atoms. The van der Waals surface area contributed by atoms with Gasteiger partial charge in [0.2, 0.25) is 0 Å². The molecule has 0 amide bonds. The lowest BCUT2D eigenvalue weighted by atomic mass is 9.93. The van der Waals surface area contributed by atoms with E-state index in [1.807, 2.05) is 19.2 Å². The van der Waals surface area contributed by atoms with Crippen LogP contribution in [0.4, 0.5) is 0 Å². The molecule has 2 rings (SSSR count). The van der Waals surface area contributed by atoms with E-state index in [-0.39, 0.29) is 0 Å². The maximum Gasteiger partial charge on any atom is 0.164 e. The van der Waals surface area contributed by atoms with Gasteiger partial charge in [0.25, 0.3) is 0 Å². The number of para-hydroxylation sites is 1. The van der Waals surface area contributed by atoms with Gasteiger partial charge in [-0.05, 0) is 19.5 Å². The number of likely N-dealkylation sites (N-methyl/N-ethyl adjacent to an activating group) is 1. The van der Waals surface area contributed by atoms with E-state index in [0.717, 1.165) is 31.1 Å². The first-order chi connectivity index (χ1) is 7.36. The van der Waals surface area contributed by atoms with E-state index in [1.165, 1.54) is 5.56 Å². The molecule has 0 saturated carbocycles. The quantitative estimate of drug-likeness (QED) is 0.819. The van der Waals surface area contributed by atoms with Crippen molar-refractivity contribution in [2.75, 3.05) is 27.3 Å². The third-order valence-corrected chi connectivity index (χ3v) is 2.83. The first-order valence-electron chi connectivity index (χ1n) is 5.31. The summed E-state index contributed by atoms with van der Waals surface area (Å²) in [5.41, 5.74) is 1.26. The molecule has 1 N–H and O–H groups in total. The minimum Gasteiger partial charge on any atom is -0.493 e. The van der Waals surface area contributed by atoms with Gasteiger partial charge in [0.15, 0.2) is 11.5 Å². The number of nitrogens with one attached hydrogen (secondary N) is 1. The van der Waals surface area contributed by atoms with Gasteiger partial charge in [-0.2, -0.15) is 0 Å². The number of methoxy groups -OCH3 is 1. The van der Waals surface area contributed by atoms with Crippen LogP contribution in [0, 0.1) is 0 Å². The van der Waals surface area contributed by atoms with Gasteiger partial charge in [0.05, 0.1) is 13.7 Å². The van der Waals surface area contributed by atoms with E-state index in [0.29, 0.717) is 5.92 Å². The Morgan fingerprint density at radius 2 is 2.40 bits per heavy atom. The minimum absolute atomic E-state index is 0.536. The van der Waals surface area contributed by atoms with Crippen LogP contribution in [0.1, 0.15) is 17.9 Å². The van der Waals surface area contributed by atoms with Crippen molar-refractivity contribution in [3.05, 3.63) is 23.8 Å². The van der Waals surface area contributed by atoms with Crippen molar-refractivity contribution in [1.29, 1.82) is 0 Å². The van der Waals surface area contributed by atoms with E-state index < -0.39 is 0 Å². The Balaban J connectivity index is 2.35. The summed E-state index contributed by atoms with van der Waals surface area (Å²) < 4.78 is 11.0. The fraction of sp³-hybridized carbons (Fsp3) is 0.500. The lowest BCUT2D eigenvalue weighted by Gasteiger charge is -2.26. The summed E-state index contributed by atoms with van der Waals surface area (Å²) in [6.07, 6.45) is 1.07. The maximum atomic E-state index is 5.67. The van der Waals surface area contributed by atoms with E-state index in [2.05, 4.69) is 11.4 Å². The summed E-state index contributed by atoms with van der Waals surface area (Å²) in [4.78, 5) is 0. The third-order valence-electron chi connectivity index (χ3n) is 2.83. The Hall–Kier alpha value is -1.22. The number of fused-ring (bicyclic) bond motifs is 1. The van der Waals surface area contributed by atoms with Crippen LogP contribution in [0.5, 0.6) is 11.5 Å². The second-order valence-corrected chi connectivity index (χ2v) is 3.77. The van der Waals surface area contributed by atoms with Crippen LogP contribution in [0.25, 0.3) is 0 Å². The van der Waals surface area contributed by atoms with Gasteiger partial charge in [-0.1, -0.05) is 12.1 Å². The fourth-order valence-electron chi connectivity index (χ4n) is 2.09. The molecule has 82 valence electrons. The molecule has 0 bridgehead atoms. The molecule has 0 aromatic heterocycles. The van der Waals surface area contributed by atoms with Crippen LogP contribution in [-0.4, -0.2) is 27.3 Å². The Morgan fingerprint density at radius 1 is 1.53 bits per heavy atom. The topological polar surface area (TPSA) is 30.5 Å². The Labute approximate surface area is 90.4 Å². The number of rotatable bonds is 3. The van der Waals surface area contributed by atoms with Gasteiger partial charge in [0, 0.05) is 18.0 Å². The lowest BCUT2D eigenvalue weighted by Crippen LogP contribution is -2.23. The molecule has 1 aliphatic rings. The van der Waals surface area contributed by atoms with Gasteiger partial charge in [-0.3, -0.25) is 0 Å². The first-order valence-corrected chi connectivity index (χ1v) is 5.31. The smallest absolute Gasteiger partial charge is 0.164 e. The molecule has 1 atom stereocenters. The molecular formula is C12H17NO2. The summed E-state index contributed by atoms with van der Waals surface area (Å²) >= 11 is 0. The Morgan fingerprint density at radius 3 is 3.13 bits per heavy atom. The van der Waals surface area contributed by atoms with E-state index >= 15 is 0 Å². The second-order valence-electron chi connectivity index (χ2n) is 3.77. The first kappa shape index (κ1) is 10.3. The summed E-state index contributed by atoms with van der Waals surface area (Å²) in [5, 5.41) is 3.22. The predicted molar refractivity (Wildman–Crippen MR) is 59.8 cm³/mol. The second kappa shape index (κ2) is 4.53. The molecule has 3 nitrogen and oxygen atoms in total. The maximum absolute atomic E-state index is 5.67. The van der Waals surface area contributed by atoms with Crippen LogP contribution in [0.2, 0.25) is 0 Å². The standard InChI is InChI=1S/C12H17NO2/c1-13-8-9-6-7-15-12-10(9)4-3-5-11(12)14-2/h3-5,9,13H,6-8H2,1-2H3. The molecule has 0 radical (unpaired) electrons. The normalized spacial score (nSPS) is 19.2. The zero-order chi connectivity index (χ0) is 10.7. The number of ether oxygens (including phenoxy) is 2. The third kappa shape index (κ3) is 1.92. The van der Waals surface area contributed by atoms with Crippen LogP contribution in [0.15, 0.2) is 18.2 Å². The van der Waals surface area contributed by atoms with Crippen LogP contribution in [-0.2, 0) is 0 Å². The summed E-state index contributed by atoms with van der Waals surface area (Å²) in [7, 11) is 3.66. The molecule has 0 aliphatic carbocycles. The highest BCUT2D eigenvalue weighted by Gasteiger charge is 2.23. The highest BCUT2D eigenvalue weighted by atomic mass is 16.5. The fourth-order valence-corrected chi connectivity index (χ4v) is 2.09. The molecule has 0 fully saturated rings. The minimum atomic E-state index is 0.536. The number of hydrogen-bond acceptors (Lipinski definition) is 3. The predicted octanol–water partition coefficient (Wildman–Crippen LogP) is 1.78. The summed E-state index contributed by atoms with van der Waals surface area (Å²) in [6, 6.07) is 6.09. The van der Waals surface area contributed by atoms with Crippen molar-refractivity contribution < 1.29 is 9.47 Å². The van der Waals surface area contributed by atoms with Crippen molar-refractivity contribution in [3.8, 4) is 11.5 Å². The zero-order valence-electron chi connectivity index (χ0n) is 9.25. The number of hydrogen-bond donors (Lipinski definition) is 1. The van der Waals surface area contributed by atoms with Gasteiger partial charge in [0.1, 0.15) is 0 Å². The SMILES string of the molecule is CNCC1CCOc2c(OC)cccc21. The van der Waals surface area contributed by atoms with Gasteiger partial charge in [-0.15, -0.1) is 0 Å². The average Bonchev–Trinajstić information content (AvgIpc) is 2.29. The Bertz CT molecular complexity index is 338. The molecular weight excluding hydrogens is 190 g/mol. The molecule has 1 aliphatic heterocycles. The molecule has 1 aromatic rings. The van der Waals surface area contributed by atoms with Gasteiger partial charge < -0.3 is 14.8 Å². The highest BCUT2D eigenvalue weighted by molar-refractivity contribution is 5.49. The molecule has 1 aromatic carbocycles. The largest absolute Gasteiger partial charge is 0.493 e. The molecule has 0 spiro atoms. The van der Waals surface area contributed by atoms with E-state index in [9.17, 15) is 0 Å². The van der Waals surface area contributed by atoms with E-state index in [4.69, 9.17) is 9.47 Å². The van der Waals surface area contributed by atoms with Crippen LogP contribution >= 0.6 is 0 Å². The Kier molecular flexibility index (Phi) is 3.11.